The highest BCUT2D eigenvalue weighted by Gasteiger charge is 2.07. The maximum atomic E-state index is 12.2. The number of carbonyl (C=O) groups is 1. The molecule has 0 saturated carbocycles. The number of rotatable bonds is 6. The molecule has 144 valence electrons. The highest BCUT2D eigenvalue weighted by molar-refractivity contribution is 7.14. The monoisotopic (exact) mass is 421 g/mol. The second kappa shape index (κ2) is 8.81. The van der Waals surface area contributed by atoms with Gasteiger partial charge in [0, 0.05) is 22.0 Å². The summed E-state index contributed by atoms with van der Waals surface area (Å²) >= 11 is 7.27. The molecule has 1 amide bonds. The van der Waals surface area contributed by atoms with Gasteiger partial charge in [0.05, 0.1) is 18.4 Å². The largest absolute Gasteiger partial charge is 0.298 e. The Labute approximate surface area is 176 Å². The summed E-state index contributed by atoms with van der Waals surface area (Å²) in [5.74, 6) is -0.278. The number of thiazole rings is 1. The Morgan fingerprint density at radius 1 is 1.14 bits per heavy atom. The third kappa shape index (κ3) is 5.16. The first kappa shape index (κ1) is 19.0. The number of nitrogens with zero attached hydrogens (tertiary/aromatic N) is 4. The smallest absolute Gasteiger partial charge is 0.250 e. The third-order valence-corrected chi connectivity index (χ3v) is 5.03. The van der Waals surface area contributed by atoms with E-state index in [4.69, 9.17) is 11.6 Å². The van der Waals surface area contributed by atoms with Crippen LogP contribution < -0.4 is 5.32 Å². The van der Waals surface area contributed by atoms with Crippen molar-refractivity contribution in [2.75, 3.05) is 5.32 Å². The minimum absolute atomic E-state index is 0.278. The van der Waals surface area contributed by atoms with Gasteiger partial charge in [-0.25, -0.2) is 9.67 Å². The summed E-state index contributed by atoms with van der Waals surface area (Å²) < 4.78 is 1.73. The Morgan fingerprint density at radius 2 is 1.93 bits per heavy atom. The van der Waals surface area contributed by atoms with E-state index in [9.17, 15) is 4.79 Å². The predicted molar refractivity (Wildman–Crippen MR) is 116 cm³/mol. The number of anilines is 1. The van der Waals surface area contributed by atoms with E-state index >= 15 is 0 Å². The van der Waals surface area contributed by atoms with E-state index in [1.165, 1.54) is 17.4 Å². The molecule has 0 aliphatic carbocycles. The van der Waals surface area contributed by atoms with Crippen molar-refractivity contribution in [2.45, 2.75) is 6.54 Å². The molecule has 0 bridgehead atoms. The fraction of sp³-hybridized carbons (Fsp3) is 0.0476. The van der Waals surface area contributed by atoms with E-state index in [1.54, 1.807) is 17.0 Å². The second-order valence-corrected chi connectivity index (χ2v) is 7.49. The van der Waals surface area contributed by atoms with Crippen LogP contribution in [0.15, 0.2) is 72.3 Å². The topological polar surface area (TPSA) is 72.7 Å². The summed E-state index contributed by atoms with van der Waals surface area (Å²) in [5, 5.41) is 14.0. The first-order chi connectivity index (χ1) is 14.2. The molecule has 1 N–H and O–H groups in total. The number of benzene rings is 2. The Kier molecular flexibility index (Phi) is 5.79. The van der Waals surface area contributed by atoms with Crippen molar-refractivity contribution in [3.8, 4) is 11.3 Å². The van der Waals surface area contributed by atoms with Crippen LogP contribution in [0.2, 0.25) is 5.02 Å². The lowest BCUT2D eigenvalue weighted by Gasteiger charge is -1.99. The number of hydrogen-bond donors (Lipinski definition) is 1. The molecule has 0 radical (unpaired) electrons. The molecule has 29 heavy (non-hydrogen) atoms. The Balaban J connectivity index is 1.35. The predicted octanol–water partition coefficient (Wildman–Crippen LogP) is 4.76. The summed E-state index contributed by atoms with van der Waals surface area (Å²) in [5.41, 5.74) is 3.47. The van der Waals surface area contributed by atoms with E-state index in [-0.39, 0.29) is 5.91 Å². The minimum Gasteiger partial charge on any atom is -0.298 e. The first-order valence-corrected chi connectivity index (χ1v) is 10.1. The average molecular weight is 422 g/mol. The minimum atomic E-state index is -0.278. The maximum Gasteiger partial charge on any atom is 0.250 e. The number of amides is 1. The number of nitrogens with one attached hydrogen (secondary N) is 1. The summed E-state index contributed by atoms with van der Waals surface area (Å²) in [6, 6.07) is 17.4. The van der Waals surface area contributed by atoms with Crippen LogP contribution in [-0.2, 0) is 11.3 Å². The highest BCUT2D eigenvalue weighted by Crippen LogP contribution is 2.25. The maximum absolute atomic E-state index is 12.2. The van der Waals surface area contributed by atoms with Gasteiger partial charge in [0.2, 0.25) is 5.91 Å². The summed E-state index contributed by atoms with van der Waals surface area (Å²) in [4.78, 5) is 16.6. The van der Waals surface area contributed by atoms with Gasteiger partial charge in [-0.1, -0.05) is 59.3 Å². The molecular formula is C21H16ClN5OS. The van der Waals surface area contributed by atoms with Crippen LogP contribution in [0.25, 0.3) is 17.3 Å². The Bertz CT molecular complexity index is 1140. The summed E-state index contributed by atoms with van der Waals surface area (Å²) in [6.07, 6.45) is 4.83. The van der Waals surface area contributed by atoms with Gasteiger partial charge >= 0.3 is 0 Å². The van der Waals surface area contributed by atoms with Crippen LogP contribution in [0.3, 0.4) is 0 Å². The van der Waals surface area contributed by atoms with Gasteiger partial charge in [0.15, 0.2) is 5.13 Å². The van der Waals surface area contributed by atoms with E-state index in [0.29, 0.717) is 22.4 Å². The highest BCUT2D eigenvalue weighted by atomic mass is 35.5. The van der Waals surface area contributed by atoms with Crippen molar-refractivity contribution in [3.63, 3.8) is 0 Å². The zero-order valence-corrected chi connectivity index (χ0v) is 16.8. The number of carbonyl (C=O) groups excluding carboxylic acids is 1. The summed E-state index contributed by atoms with van der Waals surface area (Å²) in [7, 11) is 0. The Hall–Kier alpha value is -3.29. The number of hydrogen-bond acceptors (Lipinski definition) is 5. The van der Waals surface area contributed by atoms with Gasteiger partial charge in [-0.2, -0.15) is 0 Å². The molecule has 0 saturated heterocycles. The van der Waals surface area contributed by atoms with Crippen molar-refractivity contribution >= 4 is 40.1 Å². The molecule has 8 heteroatoms. The van der Waals surface area contributed by atoms with Crippen LogP contribution in [0, 0.1) is 0 Å². The van der Waals surface area contributed by atoms with Crippen LogP contribution >= 0.6 is 22.9 Å². The lowest BCUT2D eigenvalue weighted by Crippen LogP contribution is -2.07. The van der Waals surface area contributed by atoms with Gasteiger partial charge in [-0.3, -0.25) is 10.1 Å². The molecule has 0 unspecified atom stereocenters. The molecule has 0 atom stereocenters. The van der Waals surface area contributed by atoms with Crippen molar-refractivity contribution < 1.29 is 4.79 Å². The molecule has 6 nitrogen and oxygen atoms in total. The molecule has 2 heterocycles. The molecule has 0 aliphatic rings. The van der Waals surface area contributed by atoms with E-state index < -0.39 is 0 Å². The SMILES string of the molecule is O=C(/C=C/c1cn(Cc2ccccc2)nn1)Nc1nc(-c2ccc(Cl)cc2)cs1. The Morgan fingerprint density at radius 3 is 2.72 bits per heavy atom. The molecule has 0 aliphatic heterocycles. The second-order valence-electron chi connectivity index (χ2n) is 6.19. The first-order valence-electron chi connectivity index (χ1n) is 8.80. The van der Waals surface area contributed by atoms with Gasteiger partial charge in [0.25, 0.3) is 0 Å². The van der Waals surface area contributed by atoms with E-state index in [2.05, 4.69) is 20.6 Å². The average Bonchev–Trinajstić information content (AvgIpc) is 3.37. The van der Waals surface area contributed by atoms with Gasteiger partial charge in [0.1, 0.15) is 5.69 Å². The fourth-order valence-corrected chi connectivity index (χ4v) is 3.48. The fourth-order valence-electron chi connectivity index (χ4n) is 2.63. The van der Waals surface area contributed by atoms with Gasteiger partial charge in [-0.15, -0.1) is 16.4 Å². The number of halogens is 1. The lowest BCUT2D eigenvalue weighted by molar-refractivity contribution is -0.111. The molecular weight excluding hydrogens is 406 g/mol. The van der Waals surface area contributed by atoms with Gasteiger partial charge < -0.3 is 0 Å². The lowest BCUT2D eigenvalue weighted by atomic mass is 10.2. The van der Waals surface area contributed by atoms with Crippen LogP contribution in [0.1, 0.15) is 11.3 Å². The van der Waals surface area contributed by atoms with Crippen LogP contribution in [0.4, 0.5) is 5.13 Å². The van der Waals surface area contributed by atoms with Crippen molar-refractivity contribution in [1.29, 1.82) is 0 Å². The quantitative estimate of drug-likeness (QED) is 0.456. The molecule has 2 aromatic heterocycles. The molecule has 4 aromatic rings. The van der Waals surface area contributed by atoms with E-state index in [0.717, 1.165) is 16.8 Å². The molecule has 2 aromatic carbocycles. The molecule has 0 fully saturated rings. The van der Waals surface area contributed by atoms with Gasteiger partial charge in [-0.05, 0) is 23.8 Å². The van der Waals surface area contributed by atoms with E-state index in [1.807, 2.05) is 60.0 Å². The van der Waals surface area contributed by atoms with Crippen molar-refractivity contribution in [1.82, 2.24) is 20.0 Å². The zero-order chi connectivity index (χ0) is 20.1. The normalized spacial score (nSPS) is 11.1. The standard InChI is InChI=1S/C21H16ClN5OS/c22-17-8-6-16(7-9-17)19-14-29-21(23-19)24-20(28)11-10-18-13-27(26-25-18)12-15-4-2-1-3-5-15/h1-11,13-14H,12H2,(H,23,24,28)/b11-10+. The van der Waals surface area contributed by atoms with Crippen LogP contribution in [0.5, 0.6) is 0 Å². The van der Waals surface area contributed by atoms with Crippen molar-refractivity contribution in [3.05, 3.63) is 88.5 Å². The van der Waals surface area contributed by atoms with Crippen molar-refractivity contribution in [2.24, 2.45) is 0 Å². The van der Waals surface area contributed by atoms with Crippen LogP contribution in [-0.4, -0.2) is 25.9 Å². The zero-order valence-electron chi connectivity index (χ0n) is 15.2. The molecule has 4 rings (SSSR count). The number of aromatic nitrogens is 4. The third-order valence-electron chi connectivity index (χ3n) is 4.02. The molecule has 0 spiro atoms. The summed E-state index contributed by atoms with van der Waals surface area (Å²) in [6.45, 7) is 0.625.